The number of rotatable bonds is 1. The number of pyridine rings is 1. The van der Waals surface area contributed by atoms with Crippen LogP contribution in [0.2, 0.25) is 10.2 Å². The van der Waals surface area contributed by atoms with Gasteiger partial charge < -0.3 is 4.74 Å². The van der Waals surface area contributed by atoms with Gasteiger partial charge in [-0.15, -0.1) is 12.6 Å². The first-order valence-electron chi connectivity index (χ1n) is 4.74. The summed E-state index contributed by atoms with van der Waals surface area (Å²) in [5, 5.41) is 2.76. The fourth-order valence-electron chi connectivity index (χ4n) is 0.958. The Hall–Kier alpha value is 0.350. The van der Waals surface area contributed by atoms with Crippen molar-refractivity contribution in [3.8, 4) is 0 Å². The molecule has 0 spiro atoms. The maximum atomic E-state index is 11.5. The molecule has 1 aromatic rings. The molecule has 0 bridgehead atoms. The quantitative estimate of drug-likeness (QED) is 0.474. The van der Waals surface area contributed by atoms with Crippen LogP contribution < -0.4 is 5.32 Å². The topological polar surface area (TPSA) is 51.2 Å². The van der Waals surface area contributed by atoms with E-state index in [-0.39, 0.29) is 45.6 Å². The predicted molar refractivity (Wildman–Crippen MR) is 78.5 cm³/mol. The summed E-state index contributed by atoms with van der Waals surface area (Å²) in [6, 6.07) is 1.49. The second-order valence-corrected chi connectivity index (χ2v) is 5.48. The van der Waals surface area contributed by atoms with Crippen LogP contribution in [0.1, 0.15) is 20.8 Å². The summed E-state index contributed by atoms with van der Waals surface area (Å²) in [6.07, 6.45) is -0.615. The number of thiol groups is 1. The number of anilines is 1. The number of ether oxygens (including phenoxy) is 1. The molecule has 0 atom stereocenters. The van der Waals surface area contributed by atoms with Gasteiger partial charge in [0.2, 0.25) is 0 Å². The number of carbonyl (C=O) groups excluding carboxylic acids is 1. The summed E-state index contributed by atoms with van der Waals surface area (Å²) in [4.78, 5) is 15.8. The minimum atomic E-state index is -0.615. The molecule has 1 heterocycles. The normalized spacial score (nSPS) is 10.6. The molecule has 0 unspecified atom stereocenters. The molecule has 4 nitrogen and oxygen atoms in total. The zero-order valence-corrected chi connectivity index (χ0v) is 12.0. The van der Waals surface area contributed by atoms with E-state index in [2.05, 4.69) is 22.9 Å². The van der Waals surface area contributed by atoms with Crippen LogP contribution in [-0.2, 0) is 4.74 Å². The molecule has 96 valence electrons. The van der Waals surface area contributed by atoms with Crippen LogP contribution in [0.3, 0.4) is 0 Å². The van der Waals surface area contributed by atoms with Crippen LogP contribution in [0, 0.1) is 0 Å². The first-order chi connectivity index (χ1) is 7.69. The van der Waals surface area contributed by atoms with Crippen LogP contribution in [0.25, 0.3) is 0 Å². The second kappa shape index (κ2) is 7.22. The Morgan fingerprint density at radius 2 is 2.00 bits per heavy atom. The third kappa shape index (κ3) is 5.99. The Kier molecular flexibility index (Phi) is 7.36. The Labute approximate surface area is 143 Å². The Morgan fingerprint density at radius 1 is 1.44 bits per heavy atom. The van der Waals surface area contributed by atoms with Gasteiger partial charge in [-0.1, -0.05) is 23.2 Å². The van der Waals surface area contributed by atoms with Crippen LogP contribution in [0.5, 0.6) is 0 Å². The van der Waals surface area contributed by atoms with Gasteiger partial charge in [0.1, 0.15) is 11.4 Å². The predicted octanol–water partition coefficient (Wildman–Crippen LogP) is 3.38. The van der Waals surface area contributed by atoms with Gasteiger partial charge in [0.05, 0.1) is 5.02 Å². The number of halogens is 2. The Bertz CT molecular complexity index is 429. The van der Waals surface area contributed by atoms with Crippen LogP contribution in [-0.4, -0.2) is 46.2 Å². The zero-order chi connectivity index (χ0) is 13.2. The Balaban J connectivity index is 0.00000289. The number of carbonyl (C=O) groups is 1. The zero-order valence-electron chi connectivity index (χ0n) is 9.54. The number of amides is 1. The monoisotopic (exact) mass is 318 g/mol. The van der Waals surface area contributed by atoms with Gasteiger partial charge in [0, 0.05) is 4.90 Å². The summed E-state index contributed by atoms with van der Waals surface area (Å²) in [5.74, 6) is 0.235. The molecule has 0 radical (unpaired) electrons. The van der Waals surface area contributed by atoms with Crippen molar-refractivity contribution < 1.29 is 9.53 Å². The van der Waals surface area contributed by atoms with E-state index >= 15 is 0 Å². The van der Waals surface area contributed by atoms with E-state index in [1.807, 2.05) is 0 Å². The molecule has 0 saturated heterocycles. The second-order valence-electron chi connectivity index (χ2n) is 4.26. The van der Waals surface area contributed by atoms with Crippen LogP contribution in [0.15, 0.2) is 11.0 Å². The van der Waals surface area contributed by atoms with Gasteiger partial charge in [-0.25, -0.2) is 9.78 Å². The van der Waals surface area contributed by atoms with E-state index in [0.717, 1.165) is 0 Å². The number of nitrogens with zero attached hydrogens (tertiary/aromatic N) is 1. The molecule has 1 amide bonds. The maximum absolute atomic E-state index is 11.5. The van der Waals surface area contributed by atoms with Gasteiger partial charge in [-0.3, -0.25) is 5.32 Å². The van der Waals surface area contributed by atoms with Gasteiger partial charge in [0.25, 0.3) is 0 Å². The summed E-state index contributed by atoms with van der Waals surface area (Å²) in [5.41, 5.74) is -0.579. The molecule has 0 aromatic carbocycles. The molecule has 0 aliphatic rings. The summed E-state index contributed by atoms with van der Waals surface area (Å²) in [6.45, 7) is 5.29. The van der Waals surface area contributed by atoms with Crippen molar-refractivity contribution in [3.05, 3.63) is 16.2 Å². The van der Waals surface area contributed by atoms with Gasteiger partial charge >= 0.3 is 35.7 Å². The average molecular weight is 319 g/mol. The van der Waals surface area contributed by atoms with E-state index in [9.17, 15) is 4.79 Å². The minimum absolute atomic E-state index is 0. The van der Waals surface area contributed by atoms with Crippen molar-refractivity contribution in [1.82, 2.24) is 4.98 Å². The SMILES string of the molecule is CC(C)(C)OC(=O)Nc1cc(S)c(Cl)c(Cl)n1.[NaH]. The standard InChI is InChI=1S/C10H12Cl2N2O2S.Na.H/c1-10(2,3)16-9(15)14-6-4-5(17)7(11)8(12)13-6;;/h4H,1-3H3,(H2,13,14,15,17);;. The number of aromatic nitrogens is 1. The molecular weight excluding hydrogens is 306 g/mol. The van der Waals surface area contributed by atoms with Crippen molar-refractivity contribution >= 4 is 77.3 Å². The molecule has 18 heavy (non-hydrogen) atoms. The van der Waals surface area contributed by atoms with Gasteiger partial charge in [-0.2, -0.15) is 0 Å². The first kappa shape index (κ1) is 18.4. The van der Waals surface area contributed by atoms with Crippen molar-refractivity contribution in [3.63, 3.8) is 0 Å². The van der Waals surface area contributed by atoms with Crippen molar-refractivity contribution in [2.24, 2.45) is 0 Å². The van der Waals surface area contributed by atoms with Crippen molar-refractivity contribution in [1.29, 1.82) is 0 Å². The summed E-state index contributed by atoms with van der Waals surface area (Å²) < 4.78 is 5.06. The van der Waals surface area contributed by atoms with Crippen LogP contribution >= 0.6 is 35.8 Å². The van der Waals surface area contributed by atoms with Gasteiger partial charge in [-0.05, 0) is 26.8 Å². The van der Waals surface area contributed by atoms with E-state index in [1.54, 1.807) is 20.8 Å². The van der Waals surface area contributed by atoms with Gasteiger partial charge in [0.15, 0.2) is 5.15 Å². The molecule has 1 rings (SSSR count). The number of nitrogens with one attached hydrogen (secondary N) is 1. The van der Waals surface area contributed by atoms with Crippen molar-refractivity contribution in [2.45, 2.75) is 31.3 Å². The average Bonchev–Trinajstić information content (AvgIpc) is 2.10. The molecule has 0 fully saturated rings. The molecule has 8 heteroatoms. The molecular formula is C10H13Cl2N2NaO2S. The third-order valence-electron chi connectivity index (χ3n) is 1.53. The summed E-state index contributed by atoms with van der Waals surface area (Å²) >= 11 is 15.6. The molecule has 1 aromatic heterocycles. The fourth-order valence-corrected chi connectivity index (χ4v) is 1.54. The third-order valence-corrected chi connectivity index (χ3v) is 2.76. The molecule has 0 aliphatic heterocycles. The fraction of sp³-hybridized carbons (Fsp3) is 0.400. The van der Waals surface area contributed by atoms with Crippen LogP contribution in [0.4, 0.5) is 10.6 Å². The van der Waals surface area contributed by atoms with Crippen molar-refractivity contribution in [2.75, 3.05) is 5.32 Å². The number of hydrogen-bond acceptors (Lipinski definition) is 4. The number of hydrogen-bond donors (Lipinski definition) is 2. The van der Waals surface area contributed by atoms with E-state index < -0.39 is 11.7 Å². The summed E-state index contributed by atoms with van der Waals surface area (Å²) in [7, 11) is 0. The first-order valence-corrected chi connectivity index (χ1v) is 5.94. The Morgan fingerprint density at radius 3 is 2.44 bits per heavy atom. The molecule has 0 aliphatic carbocycles. The van der Waals surface area contributed by atoms with E-state index in [1.165, 1.54) is 6.07 Å². The molecule has 1 N–H and O–H groups in total. The van der Waals surface area contributed by atoms with E-state index in [0.29, 0.717) is 4.90 Å². The molecule has 0 saturated carbocycles. The van der Waals surface area contributed by atoms with E-state index in [4.69, 9.17) is 27.9 Å².